The summed E-state index contributed by atoms with van der Waals surface area (Å²) in [4.78, 5) is 12.1. The Hall–Kier alpha value is -1.81. The second-order valence-corrected chi connectivity index (χ2v) is 4.89. The van der Waals surface area contributed by atoms with Crippen molar-refractivity contribution in [2.75, 3.05) is 7.11 Å². The third kappa shape index (κ3) is 3.35. The molecule has 3 N–H and O–H groups in total. The smallest absolute Gasteiger partial charge is 0.227 e. The van der Waals surface area contributed by atoms with Crippen LogP contribution in [0.1, 0.15) is 24.9 Å². The molecule has 1 aromatic rings. The van der Waals surface area contributed by atoms with Gasteiger partial charge in [-0.25, -0.2) is 0 Å². The summed E-state index contributed by atoms with van der Waals surface area (Å²) in [6.45, 7) is 1.97. The first-order valence-corrected chi connectivity index (χ1v) is 6.48. The summed E-state index contributed by atoms with van der Waals surface area (Å²) in [5.74, 6) is 0.746. The molecule has 4 heteroatoms. The van der Waals surface area contributed by atoms with Gasteiger partial charge in [-0.2, -0.15) is 0 Å². The summed E-state index contributed by atoms with van der Waals surface area (Å²) in [7, 11) is 1.63. The molecule has 4 nitrogen and oxygen atoms in total. The molecule has 0 fully saturated rings. The Labute approximate surface area is 113 Å². The van der Waals surface area contributed by atoms with Crippen LogP contribution >= 0.6 is 0 Å². The van der Waals surface area contributed by atoms with E-state index in [0.29, 0.717) is 6.42 Å². The molecule has 0 radical (unpaired) electrons. The lowest BCUT2D eigenvalue weighted by Crippen LogP contribution is -2.32. The van der Waals surface area contributed by atoms with Crippen LogP contribution in [0.4, 0.5) is 0 Å². The second kappa shape index (κ2) is 5.89. The van der Waals surface area contributed by atoms with E-state index in [9.17, 15) is 4.79 Å². The largest absolute Gasteiger partial charge is 0.497 e. The Balaban J connectivity index is 1.94. The van der Waals surface area contributed by atoms with Gasteiger partial charge in [0.25, 0.3) is 0 Å². The summed E-state index contributed by atoms with van der Waals surface area (Å²) < 4.78 is 5.11. The molecule has 1 amide bonds. The Morgan fingerprint density at radius 3 is 2.58 bits per heavy atom. The zero-order chi connectivity index (χ0) is 13.8. The summed E-state index contributed by atoms with van der Waals surface area (Å²) in [5, 5.41) is 3.01. The molecule has 0 saturated carbocycles. The monoisotopic (exact) mass is 260 g/mol. The first kappa shape index (κ1) is 13.6. The molecule has 0 heterocycles. The van der Waals surface area contributed by atoms with Crippen molar-refractivity contribution in [2.45, 2.75) is 25.4 Å². The van der Waals surface area contributed by atoms with Crippen molar-refractivity contribution < 1.29 is 9.53 Å². The van der Waals surface area contributed by atoms with E-state index in [0.717, 1.165) is 11.3 Å². The number of carbonyl (C=O) groups excluding carboxylic acids is 1. The van der Waals surface area contributed by atoms with E-state index >= 15 is 0 Å². The number of amides is 1. The van der Waals surface area contributed by atoms with Gasteiger partial charge in [-0.3, -0.25) is 4.79 Å². The highest BCUT2D eigenvalue weighted by atomic mass is 16.5. The van der Waals surface area contributed by atoms with Gasteiger partial charge >= 0.3 is 0 Å². The first-order valence-electron chi connectivity index (χ1n) is 6.48. The summed E-state index contributed by atoms with van der Waals surface area (Å²) in [6.07, 6.45) is 4.48. The Morgan fingerprint density at radius 1 is 1.37 bits per heavy atom. The average Bonchev–Trinajstić information content (AvgIpc) is 2.85. The van der Waals surface area contributed by atoms with Crippen molar-refractivity contribution in [3.05, 3.63) is 42.0 Å². The van der Waals surface area contributed by atoms with E-state index in [1.807, 2.05) is 43.3 Å². The molecule has 0 saturated heterocycles. The minimum absolute atomic E-state index is 0.00652. The van der Waals surface area contributed by atoms with E-state index in [1.54, 1.807) is 7.11 Å². The normalized spacial score (nSPS) is 23.1. The summed E-state index contributed by atoms with van der Waals surface area (Å²) in [5.41, 5.74) is 6.81. The number of carbonyl (C=O) groups is 1. The number of ether oxygens (including phenoxy) is 1. The standard InChI is InChI=1S/C15H20N2O2/c1-10(11-4-7-14(19-2)8-5-11)17-15(18)12-3-6-13(16)9-12/h3-8,10,12-13H,9,16H2,1-2H3,(H,17,18)/t10-,12?,13?/m0/s1. The maximum atomic E-state index is 12.1. The highest BCUT2D eigenvalue weighted by Crippen LogP contribution is 2.20. The molecule has 0 aliphatic heterocycles. The molecule has 3 atom stereocenters. The minimum atomic E-state index is -0.101. The molecule has 2 rings (SSSR count). The van der Waals surface area contributed by atoms with Gasteiger partial charge in [-0.05, 0) is 31.0 Å². The Kier molecular flexibility index (Phi) is 4.22. The number of hydrogen-bond acceptors (Lipinski definition) is 3. The number of benzene rings is 1. The molecule has 102 valence electrons. The Bertz CT molecular complexity index is 468. The molecule has 1 aromatic carbocycles. The van der Waals surface area contributed by atoms with Crippen molar-refractivity contribution in [1.82, 2.24) is 5.32 Å². The van der Waals surface area contributed by atoms with Crippen LogP contribution in [-0.4, -0.2) is 19.1 Å². The fourth-order valence-electron chi connectivity index (χ4n) is 2.22. The topological polar surface area (TPSA) is 64.3 Å². The number of methoxy groups -OCH3 is 1. The zero-order valence-electron chi connectivity index (χ0n) is 11.3. The van der Waals surface area contributed by atoms with Crippen LogP contribution in [-0.2, 0) is 4.79 Å². The third-order valence-corrected chi connectivity index (χ3v) is 3.43. The lowest BCUT2D eigenvalue weighted by atomic mass is 10.0. The molecule has 0 spiro atoms. The summed E-state index contributed by atoms with van der Waals surface area (Å²) in [6, 6.07) is 7.68. The predicted molar refractivity (Wildman–Crippen MR) is 74.8 cm³/mol. The highest BCUT2D eigenvalue weighted by Gasteiger charge is 2.23. The van der Waals surface area contributed by atoms with E-state index < -0.39 is 0 Å². The van der Waals surface area contributed by atoms with Gasteiger partial charge in [0.05, 0.1) is 19.1 Å². The van der Waals surface area contributed by atoms with Gasteiger partial charge in [0.1, 0.15) is 5.75 Å². The van der Waals surface area contributed by atoms with Gasteiger partial charge < -0.3 is 15.8 Å². The lowest BCUT2D eigenvalue weighted by Gasteiger charge is -2.17. The molecule has 1 aliphatic carbocycles. The first-order chi connectivity index (χ1) is 9.10. The molecular weight excluding hydrogens is 240 g/mol. The number of nitrogens with one attached hydrogen (secondary N) is 1. The SMILES string of the molecule is COc1ccc([C@H](C)NC(=O)C2C=CC(N)C2)cc1. The minimum Gasteiger partial charge on any atom is -0.497 e. The van der Waals surface area contributed by atoms with Crippen molar-refractivity contribution in [3.8, 4) is 5.75 Å². The molecule has 0 bridgehead atoms. The average molecular weight is 260 g/mol. The van der Waals surface area contributed by atoms with Crippen LogP contribution < -0.4 is 15.8 Å². The van der Waals surface area contributed by atoms with Crippen molar-refractivity contribution in [2.24, 2.45) is 11.7 Å². The van der Waals surface area contributed by atoms with Gasteiger partial charge in [0, 0.05) is 6.04 Å². The van der Waals surface area contributed by atoms with E-state index in [2.05, 4.69) is 5.32 Å². The molecule has 19 heavy (non-hydrogen) atoms. The lowest BCUT2D eigenvalue weighted by molar-refractivity contribution is -0.124. The summed E-state index contributed by atoms with van der Waals surface area (Å²) >= 11 is 0. The van der Waals surface area contributed by atoms with Crippen LogP contribution in [0.25, 0.3) is 0 Å². The van der Waals surface area contributed by atoms with Crippen LogP contribution in [0.3, 0.4) is 0 Å². The van der Waals surface area contributed by atoms with E-state index in [-0.39, 0.29) is 23.9 Å². The van der Waals surface area contributed by atoms with E-state index in [4.69, 9.17) is 10.5 Å². The van der Waals surface area contributed by atoms with Gasteiger partial charge in [-0.15, -0.1) is 0 Å². The maximum Gasteiger partial charge on any atom is 0.227 e. The van der Waals surface area contributed by atoms with Gasteiger partial charge in [0.2, 0.25) is 5.91 Å². The predicted octanol–water partition coefficient (Wildman–Crippen LogP) is 1.78. The van der Waals surface area contributed by atoms with Crippen LogP contribution in [0, 0.1) is 5.92 Å². The number of nitrogens with two attached hydrogens (primary N) is 1. The van der Waals surface area contributed by atoms with Crippen molar-refractivity contribution in [3.63, 3.8) is 0 Å². The van der Waals surface area contributed by atoms with Crippen LogP contribution in [0.15, 0.2) is 36.4 Å². The molecule has 2 unspecified atom stereocenters. The number of rotatable bonds is 4. The van der Waals surface area contributed by atoms with Crippen LogP contribution in [0.2, 0.25) is 0 Å². The third-order valence-electron chi connectivity index (χ3n) is 3.43. The molecule has 1 aliphatic rings. The van der Waals surface area contributed by atoms with E-state index in [1.165, 1.54) is 0 Å². The maximum absolute atomic E-state index is 12.1. The second-order valence-electron chi connectivity index (χ2n) is 4.89. The fourth-order valence-corrected chi connectivity index (χ4v) is 2.22. The quantitative estimate of drug-likeness (QED) is 0.811. The van der Waals surface area contributed by atoms with Crippen molar-refractivity contribution >= 4 is 5.91 Å². The zero-order valence-corrected chi connectivity index (χ0v) is 11.3. The highest BCUT2D eigenvalue weighted by molar-refractivity contribution is 5.81. The van der Waals surface area contributed by atoms with Gasteiger partial charge in [-0.1, -0.05) is 24.3 Å². The fraction of sp³-hybridized carbons (Fsp3) is 0.400. The molecular formula is C15H20N2O2. The Morgan fingerprint density at radius 2 is 2.05 bits per heavy atom. The number of hydrogen-bond donors (Lipinski definition) is 2. The van der Waals surface area contributed by atoms with Crippen LogP contribution in [0.5, 0.6) is 5.75 Å². The molecule has 0 aromatic heterocycles. The van der Waals surface area contributed by atoms with Gasteiger partial charge in [0.15, 0.2) is 0 Å². The van der Waals surface area contributed by atoms with Crippen molar-refractivity contribution in [1.29, 1.82) is 0 Å².